The fraction of sp³-hybridized carbons (Fsp3) is 0.375. The van der Waals surface area contributed by atoms with Crippen LogP contribution in [0.15, 0.2) is 39.8 Å². The van der Waals surface area contributed by atoms with Crippen molar-refractivity contribution in [3.05, 3.63) is 52.4 Å². The number of aromatic nitrogens is 1. The van der Waals surface area contributed by atoms with E-state index < -0.39 is 0 Å². The minimum absolute atomic E-state index is 0. The van der Waals surface area contributed by atoms with Gasteiger partial charge in [-0.1, -0.05) is 35.8 Å². The number of aryl methyl sites for hydroxylation is 1. The molecule has 0 bridgehead atoms. The Balaban J connectivity index is 0.00000264. The fourth-order valence-corrected chi connectivity index (χ4v) is 2.00. The first-order valence-corrected chi connectivity index (χ1v) is 7.80. The van der Waals surface area contributed by atoms with Gasteiger partial charge in [-0.15, -0.1) is 24.0 Å². The van der Waals surface area contributed by atoms with Crippen LogP contribution in [0.4, 0.5) is 0 Å². The number of nitrogens with one attached hydrogen (secondary N) is 2. The number of hydrogen-bond acceptors (Lipinski definition) is 3. The summed E-state index contributed by atoms with van der Waals surface area (Å²) in [5.74, 6) is 1.54. The van der Waals surface area contributed by atoms with E-state index in [0.717, 1.165) is 41.0 Å². The predicted molar refractivity (Wildman–Crippen MR) is 104 cm³/mol. The molecular weight excluding hydrogens is 427 g/mol. The van der Waals surface area contributed by atoms with E-state index in [9.17, 15) is 0 Å². The highest BCUT2D eigenvalue weighted by Gasteiger charge is 2.04. The third-order valence-corrected chi connectivity index (χ3v) is 3.33. The van der Waals surface area contributed by atoms with Gasteiger partial charge in [0.05, 0.1) is 18.8 Å². The van der Waals surface area contributed by atoms with Crippen LogP contribution < -0.4 is 10.6 Å². The molecule has 2 aromatic rings. The first-order chi connectivity index (χ1) is 10.7. The van der Waals surface area contributed by atoms with Gasteiger partial charge in [-0.3, -0.25) is 0 Å². The van der Waals surface area contributed by atoms with E-state index in [1.807, 2.05) is 44.2 Å². The molecule has 2 rings (SSSR count). The second-order valence-electron chi connectivity index (χ2n) is 4.81. The molecule has 2 N–H and O–H groups in total. The monoisotopic (exact) mass is 448 g/mol. The highest BCUT2D eigenvalue weighted by atomic mass is 127. The number of hydrogen-bond donors (Lipinski definition) is 2. The van der Waals surface area contributed by atoms with Gasteiger partial charge in [-0.25, -0.2) is 4.99 Å². The molecule has 0 aliphatic carbocycles. The Morgan fingerprint density at radius 3 is 2.57 bits per heavy atom. The molecule has 0 aliphatic heterocycles. The van der Waals surface area contributed by atoms with Crippen LogP contribution in [0.3, 0.4) is 0 Å². The quantitative estimate of drug-likeness (QED) is 0.401. The number of benzene rings is 1. The maximum absolute atomic E-state index is 5.88. The maximum atomic E-state index is 5.88. The molecule has 5 nitrogen and oxygen atoms in total. The smallest absolute Gasteiger partial charge is 0.191 e. The van der Waals surface area contributed by atoms with E-state index >= 15 is 0 Å². The molecule has 0 aliphatic rings. The molecule has 0 unspecified atom stereocenters. The number of halogens is 2. The zero-order valence-electron chi connectivity index (χ0n) is 13.3. The van der Waals surface area contributed by atoms with Crippen molar-refractivity contribution in [3.63, 3.8) is 0 Å². The minimum Gasteiger partial charge on any atom is -0.359 e. The topological polar surface area (TPSA) is 62.5 Å². The minimum atomic E-state index is 0. The molecule has 23 heavy (non-hydrogen) atoms. The standard InChI is InChI=1S/C16H21ClN4O.HI/c1-3-14-9-15(22-21-14)11-20-16(18-4-2)19-10-12-5-7-13(17)8-6-12;/h5-9H,3-4,10-11H2,1-2H3,(H2,18,19,20);1H. The second-order valence-corrected chi connectivity index (χ2v) is 5.25. The molecule has 0 saturated carbocycles. The molecule has 1 aromatic heterocycles. The Hall–Kier alpha value is -1.28. The number of nitrogens with zero attached hydrogens (tertiary/aromatic N) is 2. The fourth-order valence-electron chi connectivity index (χ4n) is 1.88. The number of rotatable bonds is 6. The van der Waals surface area contributed by atoms with E-state index in [4.69, 9.17) is 16.1 Å². The van der Waals surface area contributed by atoms with Gasteiger partial charge in [0, 0.05) is 17.6 Å². The average Bonchev–Trinajstić information content (AvgIpc) is 3.00. The summed E-state index contributed by atoms with van der Waals surface area (Å²) in [6, 6.07) is 9.63. The molecule has 0 saturated heterocycles. The SMILES string of the molecule is CCNC(=NCc1ccc(Cl)cc1)NCc1cc(CC)no1.I. The van der Waals surface area contributed by atoms with Gasteiger partial charge in [0.2, 0.25) is 0 Å². The lowest BCUT2D eigenvalue weighted by Crippen LogP contribution is -2.36. The van der Waals surface area contributed by atoms with Crippen molar-refractivity contribution >= 4 is 41.5 Å². The van der Waals surface area contributed by atoms with Gasteiger partial charge < -0.3 is 15.2 Å². The molecule has 0 fully saturated rings. The maximum Gasteiger partial charge on any atom is 0.191 e. The summed E-state index contributed by atoms with van der Waals surface area (Å²) in [5, 5.41) is 11.1. The van der Waals surface area contributed by atoms with E-state index in [-0.39, 0.29) is 24.0 Å². The van der Waals surface area contributed by atoms with Crippen LogP contribution >= 0.6 is 35.6 Å². The van der Waals surface area contributed by atoms with Gasteiger partial charge in [0.1, 0.15) is 0 Å². The van der Waals surface area contributed by atoms with Gasteiger partial charge in [-0.2, -0.15) is 0 Å². The molecule has 0 amide bonds. The van der Waals surface area contributed by atoms with Crippen molar-refractivity contribution in [3.8, 4) is 0 Å². The van der Waals surface area contributed by atoms with Crippen LogP contribution in [-0.4, -0.2) is 17.7 Å². The first kappa shape index (κ1) is 19.8. The van der Waals surface area contributed by atoms with Crippen LogP contribution in [-0.2, 0) is 19.5 Å². The summed E-state index contributed by atoms with van der Waals surface area (Å²) in [7, 11) is 0. The molecule has 0 spiro atoms. The summed E-state index contributed by atoms with van der Waals surface area (Å²) < 4.78 is 5.25. The summed E-state index contributed by atoms with van der Waals surface area (Å²) in [6.45, 7) is 6.02. The highest BCUT2D eigenvalue weighted by Crippen LogP contribution is 2.10. The molecule has 126 valence electrons. The Labute approximate surface area is 158 Å². The van der Waals surface area contributed by atoms with Crippen molar-refractivity contribution in [1.29, 1.82) is 0 Å². The lowest BCUT2D eigenvalue weighted by Gasteiger charge is -2.09. The Bertz CT molecular complexity index is 613. The Morgan fingerprint density at radius 1 is 1.22 bits per heavy atom. The summed E-state index contributed by atoms with van der Waals surface area (Å²) in [6.07, 6.45) is 0.869. The summed E-state index contributed by atoms with van der Waals surface area (Å²) in [4.78, 5) is 4.54. The molecule has 0 atom stereocenters. The van der Waals surface area contributed by atoms with Crippen LogP contribution in [0.1, 0.15) is 30.9 Å². The van der Waals surface area contributed by atoms with Crippen molar-refractivity contribution < 1.29 is 4.52 Å². The van der Waals surface area contributed by atoms with E-state index in [1.165, 1.54) is 0 Å². The first-order valence-electron chi connectivity index (χ1n) is 7.42. The van der Waals surface area contributed by atoms with Gasteiger partial charge in [0.25, 0.3) is 0 Å². The van der Waals surface area contributed by atoms with E-state index in [2.05, 4.69) is 20.8 Å². The summed E-state index contributed by atoms with van der Waals surface area (Å²) >= 11 is 5.88. The van der Waals surface area contributed by atoms with E-state index in [1.54, 1.807) is 0 Å². The second kappa shape index (κ2) is 10.5. The van der Waals surface area contributed by atoms with Gasteiger partial charge in [0.15, 0.2) is 11.7 Å². The predicted octanol–water partition coefficient (Wildman–Crippen LogP) is 3.76. The normalized spacial score (nSPS) is 11.0. The molecule has 0 radical (unpaired) electrons. The lowest BCUT2D eigenvalue weighted by molar-refractivity contribution is 0.374. The molecular formula is C16H22ClIN4O. The zero-order chi connectivity index (χ0) is 15.8. The zero-order valence-corrected chi connectivity index (χ0v) is 16.4. The highest BCUT2D eigenvalue weighted by molar-refractivity contribution is 14.0. The summed E-state index contributed by atoms with van der Waals surface area (Å²) in [5.41, 5.74) is 2.06. The number of aliphatic imine (C=N–C) groups is 1. The van der Waals surface area contributed by atoms with Crippen LogP contribution in [0.2, 0.25) is 5.02 Å². The van der Waals surface area contributed by atoms with Crippen molar-refractivity contribution in [1.82, 2.24) is 15.8 Å². The molecule has 1 aromatic carbocycles. The number of guanidine groups is 1. The van der Waals surface area contributed by atoms with Crippen molar-refractivity contribution in [2.24, 2.45) is 4.99 Å². The molecule has 7 heteroatoms. The van der Waals surface area contributed by atoms with Gasteiger partial charge in [-0.05, 0) is 31.0 Å². The Morgan fingerprint density at radius 2 is 1.96 bits per heavy atom. The third-order valence-electron chi connectivity index (χ3n) is 3.08. The van der Waals surface area contributed by atoms with Crippen LogP contribution in [0.5, 0.6) is 0 Å². The molecule has 1 heterocycles. The largest absolute Gasteiger partial charge is 0.359 e. The Kier molecular flexibility index (Phi) is 9.01. The van der Waals surface area contributed by atoms with Crippen LogP contribution in [0, 0.1) is 0 Å². The third kappa shape index (κ3) is 6.78. The van der Waals surface area contributed by atoms with Crippen molar-refractivity contribution in [2.45, 2.75) is 33.4 Å². The average molecular weight is 449 g/mol. The van der Waals surface area contributed by atoms with Crippen LogP contribution in [0.25, 0.3) is 0 Å². The van der Waals surface area contributed by atoms with E-state index in [0.29, 0.717) is 13.1 Å². The van der Waals surface area contributed by atoms with Gasteiger partial charge >= 0.3 is 0 Å². The van der Waals surface area contributed by atoms with Crippen molar-refractivity contribution in [2.75, 3.05) is 6.54 Å². The lowest BCUT2D eigenvalue weighted by atomic mass is 10.2.